The third kappa shape index (κ3) is 3.51. The predicted octanol–water partition coefficient (Wildman–Crippen LogP) is 4.76. The summed E-state index contributed by atoms with van der Waals surface area (Å²) in [6.07, 6.45) is 1.78. The van der Waals surface area contributed by atoms with E-state index in [1.807, 2.05) is 18.2 Å². The van der Waals surface area contributed by atoms with Crippen LogP contribution in [-0.2, 0) is 4.79 Å². The van der Waals surface area contributed by atoms with Gasteiger partial charge in [-0.15, -0.1) is 0 Å². The molecule has 1 aliphatic heterocycles. The Bertz CT molecular complexity index is 882. The number of carbonyl (C=O) groups is 1. The Morgan fingerprint density at radius 2 is 1.84 bits per heavy atom. The molecule has 4 nitrogen and oxygen atoms in total. The van der Waals surface area contributed by atoms with E-state index < -0.39 is 0 Å². The second-order valence-corrected chi connectivity index (χ2v) is 7.17. The summed E-state index contributed by atoms with van der Waals surface area (Å²) in [4.78, 5) is 14.8. The fourth-order valence-corrected chi connectivity index (χ4v) is 3.91. The molecule has 2 aromatic rings. The molecular weight excluding hydrogens is 378 g/mol. The zero-order valence-electron chi connectivity index (χ0n) is 13.5. The number of carbonyl (C=O) groups excluding carboxylic acids is 1. The van der Waals surface area contributed by atoms with Gasteiger partial charge in [0.05, 0.1) is 29.8 Å². The Hall–Kier alpha value is -2.02. The summed E-state index contributed by atoms with van der Waals surface area (Å²) in [5.41, 5.74) is 1.40. The van der Waals surface area contributed by atoms with Crippen LogP contribution < -0.4 is 14.4 Å². The molecular formula is C18H14ClNO3S2. The second-order valence-electron chi connectivity index (χ2n) is 5.08. The van der Waals surface area contributed by atoms with Gasteiger partial charge >= 0.3 is 0 Å². The number of ether oxygens (including phenoxy) is 2. The summed E-state index contributed by atoms with van der Waals surface area (Å²) in [7, 11) is 3.14. The molecule has 1 saturated heterocycles. The van der Waals surface area contributed by atoms with E-state index in [1.165, 1.54) is 16.7 Å². The van der Waals surface area contributed by atoms with Crippen LogP contribution in [0.5, 0.6) is 11.5 Å². The van der Waals surface area contributed by atoms with Gasteiger partial charge in [-0.05, 0) is 35.9 Å². The summed E-state index contributed by atoms with van der Waals surface area (Å²) in [6.45, 7) is 0. The zero-order chi connectivity index (χ0) is 18.0. The van der Waals surface area contributed by atoms with E-state index in [1.54, 1.807) is 44.6 Å². The van der Waals surface area contributed by atoms with Crippen molar-refractivity contribution >= 4 is 57.6 Å². The van der Waals surface area contributed by atoms with Crippen LogP contribution >= 0.6 is 35.6 Å². The molecule has 128 valence electrons. The van der Waals surface area contributed by atoms with Crippen molar-refractivity contribution in [2.24, 2.45) is 0 Å². The topological polar surface area (TPSA) is 38.8 Å². The maximum atomic E-state index is 12.8. The van der Waals surface area contributed by atoms with Crippen LogP contribution in [0.4, 0.5) is 5.69 Å². The highest BCUT2D eigenvalue weighted by molar-refractivity contribution is 8.27. The van der Waals surface area contributed by atoms with E-state index in [4.69, 9.17) is 33.3 Å². The van der Waals surface area contributed by atoms with Crippen LogP contribution in [0.3, 0.4) is 0 Å². The first-order valence-corrected chi connectivity index (χ1v) is 8.90. The lowest BCUT2D eigenvalue weighted by molar-refractivity contribution is -0.113. The maximum absolute atomic E-state index is 12.8. The van der Waals surface area contributed by atoms with Gasteiger partial charge in [0.1, 0.15) is 0 Å². The highest BCUT2D eigenvalue weighted by Crippen LogP contribution is 2.39. The minimum absolute atomic E-state index is 0.196. The Balaban J connectivity index is 1.95. The molecule has 2 aromatic carbocycles. The van der Waals surface area contributed by atoms with E-state index >= 15 is 0 Å². The van der Waals surface area contributed by atoms with Crippen molar-refractivity contribution in [2.75, 3.05) is 19.1 Å². The number of nitrogens with zero attached hydrogens (tertiary/aromatic N) is 1. The van der Waals surface area contributed by atoms with Gasteiger partial charge in [-0.25, -0.2) is 0 Å². The molecule has 0 radical (unpaired) electrons. The average Bonchev–Trinajstić information content (AvgIpc) is 2.89. The Kier molecular flexibility index (Phi) is 5.32. The van der Waals surface area contributed by atoms with Crippen LogP contribution in [0.2, 0.25) is 5.02 Å². The minimum Gasteiger partial charge on any atom is -0.493 e. The number of halogens is 1. The molecule has 1 fully saturated rings. The highest BCUT2D eigenvalue weighted by Gasteiger charge is 2.34. The van der Waals surface area contributed by atoms with Gasteiger partial charge in [0, 0.05) is 0 Å². The lowest BCUT2D eigenvalue weighted by Crippen LogP contribution is -2.27. The summed E-state index contributed by atoms with van der Waals surface area (Å²) in [5.74, 6) is 1.03. The number of benzene rings is 2. The third-order valence-electron chi connectivity index (χ3n) is 3.59. The van der Waals surface area contributed by atoms with Crippen molar-refractivity contribution < 1.29 is 14.3 Å². The van der Waals surface area contributed by atoms with Gasteiger partial charge in [0.2, 0.25) is 0 Å². The molecule has 0 bridgehead atoms. The molecule has 25 heavy (non-hydrogen) atoms. The smallest absolute Gasteiger partial charge is 0.270 e. The summed E-state index contributed by atoms with van der Waals surface area (Å²) in [5, 5.41) is 0.478. The van der Waals surface area contributed by atoms with Crippen molar-refractivity contribution in [3.05, 3.63) is 58.0 Å². The third-order valence-corrected chi connectivity index (χ3v) is 5.21. The molecule has 0 spiro atoms. The fraction of sp³-hybridized carbons (Fsp3) is 0.111. The molecule has 1 amide bonds. The Labute approximate surface area is 160 Å². The number of thiocarbonyl (C=S) groups is 1. The number of para-hydroxylation sites is 1. The molecule has 0 saturated carbocycles. The van der Waals surface area contributed by atoms with Gasteiger partial charge in [-0.3, -0.25) is 9.69 Å². The van der Waals surface area contributed by atoms with Gasteiger partial charge in [-0.2, -0.15) is 0 Å². The molecule has 1 aliphatic rings. The van der Waals surface area contributed by atoms with Crippen LogP contribution in [0.25, 0.3) is 6.08 Å². The number of hydrogen-bond donors (Lipinski definition) is 0. The van der Waals surface area contributed by atoms with Crippen LogP contribution in [0.1, 0.15) is 5.56 Å². The zero-order valence-corrected chi connectivity index (χ0v) is 15.9. The average molecular weight is 392 g/mol. The SMILES string of the molecule is COc1ccc(C=C2SC(=S)N(c3ccccc3Cl)C2=O)cc1OC. The van der Waals surface area contributed by atoms with E-state index in [-0.39, 0.29) is 5.91 Å². The molecule has 0 aromatic heterocycles. The number of hydrogen-bond acceptors (Lipinski definition) is 5. The monoisotopic (exact) mass is 391 g/mol. The lowest BCUT2D eigenvalue weighted by Gasteiger charge is -2.15. The van der Waals surface area contributed by atoms with E-state index in [9.17, 15) is 4.79 Å². The van der Waals surface area contributed by atoms with E-state index in [0.717, 1.165) is 5.56 Å². The predicted molar refractivity (Wildman–Crippen MR) is 107 cm³/mol. The molecule has 3 rings (SSSR count). The Morgan fingerprint density at radius 1 is 1.12 bits per heavy atom. The molecule has 7 heteroatoms. The summed E-state index contributed by atoms with van der Waals surface area (Å²) >= 11 is 12.8. The van der Waals surface area contributed by atoms with Crippen LogP contribution in [-0.4, -0.2) is 24.4 Å². The summed E-state index contributed by atoms with van der Waals surface area (Å²) in [6, 6.07) is 12.6. The first kappa shape index (κ1) is 17.8. The standard InChI is InChI=1S/C18H14ClNO3S2/c1-22-14-8-7-11(9-15(14)23-2)10-16-17(21)20(18(24)25-16)13-6-4-3-5-12(13)19/h3-10H,1-2H3. The highest BCUT2D eigenvalue weighted by atomic mass is 35.5. The Morgan fingerprint density at radius 3 is 2.52 bits per heavy atom. The lowest BCUT2D eigenvalue weighted by atomic mass is 10.2. The van der Waals surface area contributed by atoms with Crippen molar-refractivity contribution in [3.8, 4) is 11.5 Å². The number of thioether (sulfide) groups is 1. The fourth-order valence-electron chi connectivity index (χ4n) is 2.40. The van der Waals surface area contributed by atoms with Crippen LogP contribution in [0.15, 0.2) is 47.4 Å². The van der Waals surface area contributed by atoms with Crippen molar-refractivity contribution in [3.63, 3.8) is 0 Å². The number of methoxy groups -OCH3 is 2. The first-order valence-electron chi connectivity index (χ1n) is 7.29. The molecule has 1 heterocycles. The van der Waals surface area contributed by atoms with E-state index in [2.05, 4.69) is 0 Å². The van der Waals surface area contributed by atoms with Gasteiger partial charge in [-0.1, -0.05) is 53.8 Å². The van der Waals surface area contributed by atoms with Crippen molar-refractivity contribution in [2.45, 2.75) is 0 Å². The van der Waals surface area contributed by atoms with E-state index in [0.29, 0.717) is 31.4 Å². The quantitative estimate of drug-likeness (QED) is 0.554. The number of amides is 1. The molecule has 0 N–H and O–H groups in total. The maximum Gasteiger partial charge on any atom is 0.270 e. The van der Waals surface area contributed by atoms with Crippen LogP contribution in [0, 0.1) is 0 Å². The molecule has 0 unspecified atom stereocenters. The van der Waals surface area contributed by atoms with Crippen molar-refractivity contribution in [1.82, 2.24) is 0 Å². The molecule has 0 aliphatic carbocycles. The number of anilines is 1. The van der Waals surface area contributed by atoms with Gasteiger partial charge < -0.3 is 9.47 Å². The van der Waals surface area contributed by atoms with Crippen molar-refractivity contribution in [1.29, 1.82) is 0 Å². The first-order chi connectivity index (χ1) is 12.0. The van der Waals surface area contributed by atoms with Gasteiger partial charge in [0.15, 0.2) is 15.8 Å². The summed E-state index contributed by atoms with van der Waals surface area (Å²) < 4.78 is 11.0. The molecule has 0 atom stereocenters. The largest absolute Gasteiger partial charge is 0.493 e. The van der Waals surface area contributed by atoms with Gasteiger partial charge in [0.25, 0.3) is 5.91 Å². The normalized spacial score (nSPS) is 15.8. The minimum atomic E-state index is -0.196. The second kappa shape index (κ2) is 7.47. The number of rotatable bonds is 4.